The van der Waals surface area contributed by atoms with E-state index in [1.807, 2.05) is 12.1 Å². The van der Waals surface area contributed by atoms with E-state index in [1.165, 1.54) is 11.3 Å². The Balaban J connectivity index is 2.86. The molecule has 0 aromatic heterocycles. The molecule has 108 valence electrons. The molecule has 0 fully saturated rings. The summed E-state index contributed by atoms with van der Waals surface area (Å²) in [7, 11) is 6.27. The van der Waals surface area contributed by atoms with Crippen molar-refractivity contribution < 1.29 is 0 Å². The number of hydrogen-bond acceptors (Lipinski definition) is 3. The standard InChI is InChI=1S/C15H26ClN3/c1-5-14(17)10-12-6-7-13(16)11-15(12)19(4)9-8-18(2)3/h6-7,11,14H,5,8-10,17H2,1-4H3. The zero-order valence-corrected chi connectivity index (χ0v) is 13.2. The largest absolute Gasteiger partial charge is 0.373 e. The van der Waals surface area contributed by atoms with E-state index in [0.29, 0.717) is 0 Å². The van der Waals surface area contributed by atoms with E-state index in [9.17, 15) is 0 Å². The summed E-state index contributed by atoms with van der Waals surface area (Å²) in [5, 5.41) is 0.778. The molecule has 3 nitrogen and oxygen atoms in total. The van der Waals surface area contributed by atoms with Gasteiger partial charge in [-0.1, -0.05) is 24.6 Å². The van der Waals surface area contributed by atoms with Gasteiger partial charge in [0.2, 0.25) is 0 Å². The number of nitrogens with zero attached hydrogens (tertiary/aromatic N) is 2. The van der Waals surface area contributed by atoms with Gasteiger partial charge in [0.25, 0.3) is 0 Å². The molecule has 0 heterocycles. The molecule has 0 saturated carbocycles. The van der Waals surface area contributed by atoms with Crippen molar-refractivity contribution >= 4 is 17.3 Å². The molecule has 19 heavy (non-hydrogen) atoms. The van der Waals surface area contributed by atoms with Crippen LogP contribution in [-0.4, -0.2) is 45.2 Å². The maximum Gasteiger partial charge on any atom is 0.0426 e. The summed E-state index contributed by atoms with van der Waals surface area (Å²) in [5.74, 6) is 0. The second-order valence-corrected chi connectivity index (χ2v) is 5.81. The minimum atomic E-state index is 0.210. The van der Waals surface area contributed by atoms with Gasteiger partial charge < -0.3 is 15.5 Å². The van der Waals surface area contributed by atoms with Crippen LogP contribution in [-0.2, 0) is 6.42 Å². The van der Waals surface area contributed by atoms with E-state index in [4.69, 9.17) is 17.3 Å². The van der Waals surface area contributed by atoms with E-state index < -0.39 is 0 Å². The molecule has 0 bridgehead atoms. The fraction of sp³-hybridized carbons (Fsp3) is 0.600. The highest BCUT2D eigenvalue weighted by atomic mass is 35.5. The summed E-state index contributed by atoms with van der Waals surface area (Å²) in [6, 6.07) is 6.29. The second kappa shape index (κ2) is 7.73. The van der Waals surface area contributed by atoms with Crippen LogP contribution in [0.5, 0.6) is 0 Å². The van der Waals surface area contributed by atoms with Gasteiger partial charge in [0.05, 0.1) is 0 Å². The fourth-order valence-corrected chi connectivity index (χ4v) is 2.13. The summed E-state index contributed by atoms with van der Waals surface area (Å²) in [4.78, 5) is 4.43. The highest BCUT2D eigenvalue weighted by Crippen LogP contribution is 2.25. The Morgan fingerprint density at radius 2 is 1.89 bits per heavy atom. The summed E-state index contributed by atoms with van der Waals surface area (Å²) >= 11 is 6.13. The maximum atomic E-state index is 6.13. The minimum absolute atomic E-state index is 0.210. The van der Waals surface area contributed by atoms with Crippen molar-refractivity contribution in [2.24, 2.45) is 5.73 Å². The van der Waals surface area contributed by atoms with Crippen LogP contribution in [0.3, 0.4) is 0 Å². The van der Waals surface area contributed by atoms with Crippen LogP contribution in [0, 0.1) is 0 Å². The first kappa shape index (κ1) is 16.3. The number of benzene rings is 1. The molecule has 0 saturated heterocycles. The predicted octanol–water partition coefficient (Wildman–Crippen LogP) is 2.62. The van der Waals surface area contributed by atoms with Gasteiger partial charge in [0.15, 0.2) is 0 Å². The van der Waals surface area contributed by atoms with Crippen molar-refractivity contribution in [3.63, 3.8) is 0 Å². The fourth-order valence-electron chi connectivity index (χ4n) is 1.96. The maximum absolute atomic E-state index is 6.13. The number of halogens is 1. The van der Waals surface area contributed by atoms with Gasteiger partial charge >= 0.3 is 0 Å². The van der Waals surface area contributed by atoms with Crippen molar-refractivity contribution in [3.8, 4) is 0 Å². The molecule has 0 radical (unpaired) electrons. The van der Waals surface area contributed by atoms with Crippen LogP contribution in [0.15, 0.2) is 18.2 Å². The molecule has 0 aliphatic carbocycles. The molecule has 1 unspecified atom stereocenters. The third-order valence-electron chi connectivity index (χ3n) is 3.35. The van der Waals surface area contributed by atoms with E-state index in [-0.39, 0.29) is 6.04 Å². The lowest BCUT2D eigenvalue weighted by Gasteiger charge is -2.25. The molecule has 0 spiro atoms. The normalized spacial score (nSPS) is 12.8. The molecule has 4 heteroatoms. The Morgan fingerprint density at radius 3 is 2.47 bits per heavy atom. The van der Waals surface area contributed by atoms with E-state index in [1.54, 1.807) is 0 Å². The van der Waals surface area contributed by atoms with Gasteiger partial charge in [-0.2, -0.15) is 0 Å². The number of hydrogen-bond donors (Lipinski definition) is 1. The van der Waals surface area contributed by atoms with E-state index in [2.05, 4.69) is 43.9 Å². The highest BCUT2D eigenvalue weighted by molar-refractivity contribution is 6.30. The van der Waals surface area contributed by atoms with Gasteiger partial charge in [-0.05, 0) is 44.6 Å². The third kappa shape index (κ3) is 5.39. The second-order valence-electron chi connectivity index (χ2n) is 5.37. The molecule has 0 aliphatic rings. The molecule has 0 amide bonds. The molecule has 0 aliphatic heterocycles. The molecule has 1 atom stereocenters. The molecular formula is C15H26ClN3. The minimum Gasteiger partial charge on any atom is -0.373 e. The summed E-state index contributed by atoms with van der Waals surface area (Å²) in [6.45, 7) is 4.11. The van der Waals surface area contributed by atoms with Crippen LogP contribution in [0.2, 0.25) is 5.02 Å². The molecular weight excluding hydrogens is 258 g/mol. The molecule has 1 aromatic rings. The number of rotatable bonds is 7. The quantitative estimate of drug-likeness (QED) is 0.835. The van der Waals surface area contributed by atoms with Crippen LogP contribution >= 0.6 is 11.6 Å². The number of nitrogens with two attached hydrogens (primary N) is 1. The molecule has 2 N–H and O–H groups in total. The SMILES string of the molecule is CCC(N)Cc1ccc(Cl)cc1N(C)CCN(C)C. The Hall–Kier alpha value is -0.770. The van der Waals surface area contributed by atoms with E-state index >= 15 is 0 Å². The average molecular weight is 284 g/mol. The monoisotopic (exact) mass is 283 g/mol. The highest BCUT2D eigenvalue weighted by Gasteiger charge is 2.11. The van der Waals surface area contributed by atoms with E-state index in [0.717, 1.165) is 31.0 Å². The summed E-state index contributed by atoms with van der Waals surface area (Å²) in [6.07, 6.45) is 1.89. The topological polar surface area (TPSA) is 32.5 Å². The molecule has 1 rings (SSSR count). The summed E-state index contributed by atoms with van der Waals surface area (Å²) in [5.41, 5.74) is 8.55. The first-order valence-corrected chi connectivity index (χ1v) is 7.21. The van der Waals surface area contributed by atoms with Crippen LogP contribution < -0.4 is 10.6 Å². The lowest BCUT2D eigenvalue weighted by atomic mass is 10.0. The lowest BCUT2D eigenvalue weighted by molar-refractivity contribution is 0.416. The van der Waals surface area contributed by atoms with Crippen molar-refractivity contribution in [1.29, 1.82) is 0 Å². The van der Waals surface area contributed by atoms with Crippen LogP contribution in [0.4, 0.5) is 5.69 Å². The molecule has 1 aromatic carbocycles. The number of likely N-dealkylation sites (N-methyl/N-ethyl adjacent to an activating group) is 2. The van der Waals surface area contributed by atoms with Crippen LogP contribution in [0.1, 0.15) is 18.9 Å². The van der Waals surface area contributed by atoms with Crippen molar-refractivity contribution in [2.45, 2.75) is 25.8 Å². The first-order chi connectivity index (χ1) is 8.93. The first-order valence-electron chi connectivity index (χ1n) is 6.84. The Bertz CT molecular complexity index is 393. The number of anilines is 1. The van der Waals surface area contributed by atoms with Crippen molar-refractivity contribution in [2.75, 3.05) is 39.1 Å². The van der Waals surface area contributed by atoms with Crippen molar-refractivity contribution in [3.05, 3.63) is 28.8 Å². The average Bonchev–Trinajstić information content (AvgIpc) is 2.37. The Kier molecular flexibility index (Phi) is 6.63. The summed E-state index contributed by atoms with van der Waals surface area (Å²) < 4.78 is 0. The third-order valence-corrected chi connectivity index (χ3v) is 3.58. The van der Waals surface area contributed by atoms with Gasteiger partial charge in [0.1, 0.15) is 0 Å². The van der Waals surface area contributed by atoms with Gasteiger partial charge in [-0.15, -0.1) is 0 Å². The van der Waals surface area contributed by atoms with Gasteiger partial charge in [0, 0.05) is 36.9 Å². The van der Waals surface area contributed by atoms with Gasteiger partial charge in [-0.25, -0.2) is 0 Å². The Labute approximate surface area is 122 Å². The van der Waals surface area contributed by atoms with Crippen LogP contribution in [0.25, 0.3) is 0 Å². The predicted molar refractivity (Wildman–Crippen MR) is 85.2 cm³/mol. The lowest BCUT2D eigenvalue weighted by Crippen LogP contribution is -2.30. The Morgan fingerprint density at radius 1 is 1.21 bits per heavy atom. The smallest absolute Gasteiger partial charge is 0.0426 e. The van der Waals surface area contributed by atoms with Gasteiger partial charge in [-0.3, -0.25) is 0 Å². The van der Waals surface area contributed by atoms with Crippen molar-refractivity contribution in [1.82, 2.24) is 4.90 Å². The zero-order valence-electron chi connectivity index (χ0n) is 12.5. The zero-order chi connectivity index (χ0) is 14.4.